The Morgan fingerprint density at radius 2 is 2.09 bits per heavy atom. The van der Waals surface area contributed by atoms with Gasteiger partial charge < -0.3 is 9.84 Å². The van der Waals surface area contributed by atoms with Gasteiger partial charge in [-0.1, -0.05) is 13.0 Å². The highest BCUT2D eigenvalue weighted by molar-refractivity contribution is 5.92. The Balaban J connectivity index is 2.65. The molecule has 22 heavy (non-hydrogen) atoms. The number of ether oxygens (including phenoxy) is 1. The van der Waals surface area contributed by atoms with E-state index in [1.165, 1.54) is 19.2 Å². The van der Waals surface area contributed by atoms with Crippen LogP contribution < -0.4 is 4.74 Å². The number of methoxy groups -OCH3 is 1. The van der Waals surface area contributed by atoms with Gasteiger partial charge in [0.2, 0.25) is 5.88 Å². The van der Waals surface area contributed by atoms with Gasteiger partial charge in [0.05, 0.1) is 24.1 Å². The van der Waals surface area contributed by atoms with Crippen LogP contribution in [-0.4, -0.2) is 28.0 Å². The summed E-state index contributed by atoms with van der Waals surface area (Å²) >= 11 is 0. The van der Waals surface area contributed by atoms with Crippen LogP contribution in [-0.2, 0) is 12.6 Å². The Labute approximate surface area is 123 Å². The lowest BCUT2D eigenvalue weighted by Gasteiger charge is -2.10. The molecule has 0 spiro atoms. The first-order chi connectivity index (χ1) is 10.3. The summed E-state index contributed by atoms with van der Waals surface area (Å²) in [7, 11) is 1.24. The summed E-state index contributed by atoms with van der Waals surface area (Å²) in [4.78, 5) is 11.3. The minimum absolute atomic E-state index is 0.0777. The van der Waals surface area contributed by atoms with Crippen LogP contribution in [0.25, 0.3) is 5.69 Å². The van der Waals surface area contributed by atoms with Crippen molar-refractivity contribution in [2.75, 3.05) is 7.11 Å². The van der Waals surface area contributed by atoms with Crippen LogP contribution in [0.4, 0.5) is 13.2 Å². The van der Waals surface area contributed by atoms with Crippen molar-refractivity contribution in [2.45, 2.75) is 19.5 Å². The maximum Gasteiger partial charge on any atom is 0.416 e. The van der Waals surface area contributed by atoms with Gasteiger partial charge in [-0.2, -0.15) is 18.3 Å². The third-order valence-corrected chi connectivity index (χ3v) is 3.08. The molecule has 0 aliphatic heterocycles. The van der Waals surface area contributed by atoms with E-state index in [4.69, 9.17) is 4.74 Å². The fraction of sp³-hybridized carbons (Fsp3) is 0.286. The Hall–Kier alpha value is -2.51. The molecule has 0 atom stereocenters. The number of hydrogen-bond donors (Lipinski definition) is 1. The summed E-state index contributed by atoms with van der Waals surface area (Å²) in [6.45, 7) is 1.70. The third-order valence-electron chi connectivity index (χ3n) is 3.08. The summed E-state index contributed by atoms with van der Waals surface area (Å²) < 4.78 is 44.5. The van der Waals surface area contributed by atoms with Crippen molar-refractivity contribution in [3.63, 3.8) is 0 Å². The van der Waals surface area contributed by atoms with Crippen molar-refractivity contribution in [1.29, 1.82) is 0 Å². The molecule has 8 heteroatoms. The molecule has 0 saturated carbocycles. The van der Waals surface area contributed by atoms with Crippen molar-refractivity contribution >= 4 is 5.97 Å². The standard InChI is InChI=1S/C14H13F3N2O3/c1-3-10-11(13(20)21)12(22-2)19(18-10)9-6-4-5-8(7-9)14(15,16)17/h4-7H,3H2,1-2H3,(H,20,21). The van der Waals surface area contributed by atoms with Gasteiger partial charge in [-0.05, 0) is 24.6 Å². The zero-order valence-electron chi connectivity index (χ0n) is 11.8. The summed E-state index contributed by atoms with van der Waals surface area (Å²) in [6, 6.07) is 4.44. The second kappa shape index (κ2) is 5.70. The predicted molar refractivity (Wildman–Crippen MR) is 71.5 cm³/mol. The van der Waals surface area contributed by atoms with E-state index < -0.39 is 17.7 Å². The van der Waals surface area contributed by atoms with E-state index in [2.05, 4.69) is 5.10 Å². The van der Waals surface area contributed by atoms with Gasteiger partial charge in [0.25, 0.3) is 0 Å². The van der Waals surface area contributed by atoms with Gasteiger partial charge in [0, 0.05) is 0 Å². The summed E-state index contributed by atoms with van der Waals surface area (Å²) in [5.41, 5.74) is -0.685. The van der Waals surface area contributed by atoms with E-state index in [-0.39, 0.29) is 22.8 Å². The van der Waals surface area contributed by atoms with E-state index in [0.29, 0.717) is 6.42 Å². The lowest BCUT2D eigenvalue weighted by atomic mass is 10.2. The lowest BCUT2D eigenvalue weighted by molar-refractivity contribution is -0.137. The molecule has 1 heterocycles. The van der Waals surface area contributed by atoms with Crippen LogP contribution in [0.3, 0.4) is 0 Å². The molecule has 1 N–H and O–H groups in total. The highest BCUT2D eigenvalue weighted by Gasteiger charge is 2.31. The molecule has 0 fully saturated rings. The fourth-order valence-corrected chi connectivity index (χ4v) is 2.09. The van der Waals surface area contributed by atoms with Crippen LogP contribution >= 0.6 is 0 Å². The van der Waals surface area contributed by atoms with E-state index in [0.717, 1.165) is 16.8 Å². The highest BCUT2D eigenvalue weighted by atomic mass is 19.4. The molecule has 0 unspecified atom stereocenters. The lowest BCUT2D eigenvalue weighted by Crippen LogP contribution is -2.07. The van der Waals surface area contributed by atoms with Crippen molar-refractivity contribution in [1.82, 2.24) is 9.78 Å². The number of carboxylic acid groups (broad SMARTS) is 1. The van der Waals surface area contributed by atoms with Crippen molar-refractivity contribution < 1.29 is 27.8 Å². The number of aryl methyl sites for hydroxylation is 1. The Morgan fingerprint density at radius 1 is 1.41 bits per heavy atom. The van der Waals surface area contributed by atoms with E-state index in [9.17, 15) is 23.1 Å². The highest BCUT2D eigenvalue weighted by Crippen LogP contribution is 2.32. The van der Waals surface area contributed by atoms with Gasteiger partial charge in [-0.3, -0.25) is 0 Å². The monoisotopic (exact) mass is 314 g/mol. The molecule has 1 aromatic carbocycles. The number of carboxylic acids is 1. The molecule has 2 rings (SSSR count). The predicted octanol–water partition coefficient (Wildman–Crippen LogP) is 3.16. The van der Waals surface area contributed by atoms with E-state index in [1.807, 2.05) is 0 Å². The van der Waals surface area contributed by atoms with Gasteiger partial charge >= 0.3 is 12.1 Å². The number of benzene rings is 1. The van der Waals surface area contributed by atoms with Crippen LogP contribution in [0.15, 0.2) is 24.3 Å². The first-order valence-corrected chi connectivity index (χ1v) is 6.36. The largest absolute Gasteiger partial charge is 0.480 e. The Bertz CT molecular complexity index is 708. The molecule has 5 nitrogen and oxygen atoms in total. The van der Waals surface area contributed by atoms with Crippen LogP contribution in [0.1, 0.15) is 28.5 Å². The molecule has 0 saturated heterocycles. The number of aromatic carboxylic acids is 1. The van der Waals surface area contributed by atoms with Gasteiger partial charge in [0.1, 0.15) is 5.56 Å². The molecule has 2 aromatic rings. The van der Waals surface area contributed by atoms with Gasteiger partial charge in [-0.25, -0.2) is 9.48 Å². The number of rotatable bonds is 4. The molecule has 0 bridgehead atoms. The third kappa shape index (κ3) is 2.76. The second-order valence-corrected chi connectivity index (χ2v) is 4.45. The van der Waals surface area contributed by atoms with Crippen LogP contribution in [0.2, 0.25) is 0 Å². The second-order valence-electron chi connectivity index (χ2n) is 4.45. The number of aromatic nitrogens is 2. The first kappa shape index (κ1) is 15.9. The molecule has 1 aromatic heterocycles. The van der Waals surface area contributed by atoms with E-state index >= 15 is 0 Å². The summed E-state index contributed by atoms with van der Waals surface area (Å²) in [5, 5.41) is 13.3. The minimum Gasteiger partial charge on any atom is -0.480 e. The number of hydrogen-bond acceptors (Lipinski definition) is 3. The van der Waals surface area contributed by atoms with Crippen molar-refractivity contribution in [3.05, 3.63) is 41.1 Å². The minimum atomic E-state index is -4.50. The number of carbonyl (C=O) groups is 1. The average molecular weight is 314 g/mol. The molecule has 118 valence electrons. The molecule has 0 aliphatic rings. The maximum atomic E-state index is 12.8. The molecule has 0 aliphatic carbocycles. The van der Waals surface area contributed by atoms with Gasteiger partial charge in [-0.15, -0.1) is 0 Å². The normalized spacial score (nSPS) is 11.5. The van der Waals surface area contributed by atoms with Crippen molar-refractivity contribution in [2.24, 2.45) is 0 Å². The van der Waals surface area contributed by atoms with Crippen LogP contribution in [0.5, 0.6) is 5.88 Å². The van der Waals surface area contributed by atoms with Gasteiger partial charge in [0.15, 0.2) is 0 Å². The SMILES string of the molecule is CCc1nn(-c2cccc(C(F)(F)F)c2)c(OC)c1C(=O)O. The summed E-state index contributed by atoms with van der Waals surface area (Å²) in [5.74, 6) is -1.35. The molecule has 0 amide bonds. The smallest absolute Gasteiger partial charge is 0.416 e. The Morgan fingerprint density at radius 3 is 2.59 bits per heavy atom. The van der Waals surface area contributed by atoms with Crippen molar-refractivity contribution in [3.8, 4) is 11.6 Å². The molecular formula is C14H13F3N2O3. The molecular weight excluding hydrogens is 301 g/mol. The van der Waals surface area contributed by atoms with E-state index in [1.54, 1.807) is 6.92 Å². The number of alkyl halides is 3. The molecule has 0 radical (unpaired) electrons. The Kier molecular flexibility index (Phi) is 4.11. The quantitative estimate of drug-likeness (QED) is 0.941. The number of nitrogens with zero attached hydrogens (tertiary/aromatic N) is 2. The fourth-order valence-electron chi connectivity index (χ4n) is 2.09. The topological polar surface area (TPSA) is 64.4 Å². The first-order valence-electron chi connectivity index (χ1n) is 6.36. The zero-order chi connectivity index (χ0) is 16.5. The number of halogens is 3. The van der Waals surface area contributed by atoms with Crippen LogP contribution in [0, 0.1) is 0 Å². The zero-order valence-corrected chi connectivity index (χ0v) is 11.8. The average Bonchev–Trinajstić information content (AvgIpc) is 2.85. The maximum absolute atomic E-state index is 12.8. The summed E-state index contributed by atoms with van der Waals surface area (Å²) in [6.07, 6.45) is -4.19.